The molecular formula is C18H22N2O5. The smallest absolute Gasteiger partial charge is 0.276 e. The Morgan fingerprint density at radius 1 is 1.32 bits per heavy atom. The van der Waals surface area contributed by atoms with Crippen molar-refractivity contribution < 1.29 is 23.9 Å². The number of benzene rings is 1. The number of methoxy groups -OCH3 is 1. The van der Waals surface area contributed by atoms with Gasteiger partial charge in [0.15, 0.2) is 11.5 Å². The average molecular weight is 346 g/mol. The highest BCUT2D eigenvalue weighted by molar-refractivity contribution is 5.92. The minimum Gasteiger partial charge on any atom is -0.497 e. The maximum Gasteiger partial charge on any atom is 0.276 e. The first-order valence-corrected chi connectivity index (χ1v) is 8.32. The van der Waals surface area contributed by atoms with Crippen molar-refractivity contribution in [2.45, 2.75) is 19.4 Å². The fourth-order valence-electron chi connectivity index (χ4n) is 2.81. The van der Waals surface area contributed by atoms with E-state index in [1.807, 2.05) is 18.2 Å². The van der Waals surface area contributed by atoms with Crippen molar-refractivity contribution >= 4 is 5.91 Å². The van der Waals surface area contributed by atoms with Gasteiger partial charge < -0.3 is 24.0 Å². The van der Waals surface area contributed by atoms with Gasteiger partial charge in [0.05, 0.1) is 7.11 Å². The topological polar surface area (TPSA) is 85.0 Å². The molecule has 2 heterocycles. The van der Waals surface area contributed by atoms with E-state index < -0.39 is 0 Å². The maximum atomic E-state index is 12.4. The molecule has 1 amide bonds. The summed E-state index contributed by atoms with van der Waals surface area (Å²) in [6, 6.07) is 8.86. The molecule has 1 N–H and O–H groups in total. The van der Waals surface area contributed by atoms with E-state index in [9.17, 15) is 4.79 Å². The Morgan fingerprint density at radius 3 is 2.80 bits per heavy atom. The van der Waals surface area contributed by atoms with Crippen LogP contribution in [0.2, 0.25) is 0 Å². The lowest BCUT2D eigenvalue weighted by Crippen LogP contribution is -2.39. The molecule has 0 bridgehead atoms. The molecule has 1 aliphatic rings. The van der Waals surface area contributed by atoms with Crippen molar-refractivity contribution in [2.24, 2.45) is 5.92 Å². The lowest BCUT2D eigenvalue weighted by atomic mass is 9.98. The van der Waals surface area contributed by atoms with Gasteiger partial charge in [-0.1, -0.05) is 11.2 Å². The summed E-state index contributed by atoms with van der Waals surface area (Å²) in [6.07, 6.45) is 1.62. The Hall–Kier alpha value is -2.54. The van der Waals surface area contributed by atoms with Crippen molar-refractivity contribution in [1.29, 1.82) is 0 Å². The molecule has 25 heavy (non-hydrogen) atoms. The van der Waals surface area contributed by atoms with Gasteiger partial charge >= 0.3 is 0 Å². The Labute approximate surface area is 146 Å². The summed E-state index contributed by atoms with van der Waals surface area (Å²) in [4.78, 5) is 14.2. The Morgan fingerprint density at radius 2 is 2.08 bits per heavy atom. The first-order chi connectivity index (χ1) is 12.2. The number of piperidine rings is 1. The van der Waals surface area contributed by atoms with Gasteiger partial charge in [0.2, 0.25) is 0 Å². The molecule has 134 valence electrons. The number of ether oxygens (including phenoxy) is 2. The number of hydrogen-bond donors (Lipinski definition) is 1. The van der Waals surface area contributed by atoms with Crippen molar-refractivity contribution in [3.8, 4) is 11.5 Å². The largest absolute Gasteiger partial charge is 0.497 e. The zero-order chi connectivity index (χ0) is 17.6. The third kappa shape index (κ3) is 4.30. The summed E-state index contributed by atoms with van der Waals surface area (Å²) in [5, 5.41) is 13.0. The predicted octanol–water partition coefficient (Wildman–Crippen LogP) is 2.11. The Bertz CT molecular complexity index is 707. The van der Waals surface area contributed by atoms with Crippen LogP contribution in [0.25, 0.3) is 0 Å². The quantitative estimate of drug-likeness (QED) is 0.862. The Kier molecular flexibility index (Phi) is 5.55. The standard InChI is InChI=1S/C18H22N2O5/c1-23-14-3-2-4-15(9-14)24-12-16-10-17(19-25-16)18(22)20-7-5-13(11-21)6-8-20/h2-4,9-10,13,21H,5-8,11-12H2,1H3. The van der Waals surface area contributed by atoms with Crippen LogP contribution < -0.4 is 9.47 Å². The summed E-state index contributed by atoms with van der Waals surface area (Å²) in [5.74, 6) is 1.98. The van der Waals surface area contributed by atoms with Crippen molar-refractivity contribution in [3.63, 3.8) is 0 Å². The van der Waals surface area contributed by atoms with E-state index in [0.29, 0.717) is 30.3 Å². The summed E-state index contributed by atoms with van der Waals surface area (Å²) in [6.45, 7) is 1.62. The number of amides is 1. The van der Waals surface area contributed by atoms with Crippen molar-refractivity contribution in [3.05, 3.63) is 41.8 Å². The highest BCUT2D eigenvalue weighted by atomic mass is 16.5. The van der Waals surface area contributed by atoms with Crippen LogP contribution in [0.15, 0.2) is 34.9 Å². The fraction of sp³-hybridized carbons (Fsp3) is 0.444. The van der Waals surface area contributed by atoms with Crippen LogP contribution in [0, 0.1) is 5.92 Å². The number of rotatable bonds is 6. The molecule has 7 nitrogen and oxygen atoms in total. The lowest BCUT2D eigenvalue weighted by Gasteiger charge is -2.30. The van der Waals surface area contributed by atoms with Crippen LogP contribution in [0.4, 0.5) is 0 Å². The highest BCUT2D eigenvalue weighted by Gasteiger charge is 2.25. The predicted molar refractivity (Wildman–Crippen MR) is 89.5 cm³/mol. The monoisotopic (exact) mass is 346 g/mol. The number of aliphatic hydroxyl groups is 1. The third-order valence-electron chi connectivity index (χ3n) is 4.36. The average Bonchev–Trinajstić information content (AvgIpc) is 3.15. The zero-order valence-electron chi connectivity index (χ0n) is 14.2. The normalized spacial score (nSPS) is 15.2. The third-order valence-corrected chi connectivity index (χ3v) is 4.36. The molecule has 0 saturated carbocycles. The van der Waals surface area contributed by atoms with Gasteiger partial charge in [-0.25, -0.2) is 0 Å². The van der Waals surface area contributed by atoms with Crippen LogP contribution in [-0.4, -0.2) is 47.9 Å². The van der Waals surface area contributed by atoms with Crippen LogP contribution >= 0.6 is 0 Å². The summed E-state index contributed by atoms with van der Waals surface area (Å²) >= 11 is 0. The second-order valence-corrected chi connectivity index (χ2v) is 6.06. The molecule has 1 aromatic carbocycles. The highest BCUT2D eigenvalue weighted by Crippen LogP contribution is 2.21. The minimum atomic E-state index is -0.146. The van der Waals surface area contributed by atoms with Crippen LogP contribution in [-0.2, 0) is 6.61 Å². The van der Waals surface area contributed by atoms with Crippen LogP contribution in [0.5, 0.6) is 11.5 Å². The maximum absolute atomic E-state index is 12.4. The number of hydrogen-bond acceptors (Lipinski definition) is 6. The molecule has 2 aromatic rings. The molecule has 7 heteroatoms. The summed E-state index contributed by atoms with van der Waals surface area (Å²) in [5.41, 5.74) is 0.284. The second-order valence-electron chi connectivity index (χ2n) is 6.06. The molecule has 1 fully saturated rings. The molecule has 0 unspecified atom stereocenters. The first-order valence-electron chi connectivity index (χ1n) is 8.32. The number of likely N-dealkylation sites (tertiary alicyclic amines) is 1. The summed E-state index contributed by atoms with van der Waals surface area (Å²) in [7, 11) is 1.59. The van der Waals surface area contributed by atoms with E-state index in [1.165, 1.54) is 0 Å². The van der Waals surface area contributed by atoms with E-state index >= 15 is 0 Å². The van der Waals surface area contributed by atoms with E-state index in [-0.39, 0.29) is 30.7 Å². The van der Waals surface area contributed by atoms with E-state index in [4.69, 9.17) is 19.1 Å². The van der Waals surface area contributed by atoms with E-state index in [2.05, 4.69) is 5.16 Å². The number of aliphatic hydroxyl groups excluding tert-OH is 1. The van der Waals surface area contributed by atoms with Gasteiger partial charge in [0, 0.05) is 31.8 Å². The van der Waals surface area contributed by atoms with Gasteiger partial charge in [-0.3, -0.25) is 4.79 Å². The van der Waals surface area contributed by atoms with Gasteiger partial charge in [0.25, 0.3) is 5.91 Å². The van der Waals surface area contributed by atoms with Crippen LogP contribution in [0.1, 0.15) is 29.1 Å². The van der Waals surface area contributed by atoms with Crippen molar-refractivity contribution in [2.75, 3.05) is 26.8 Å². The van der Waals surface area contributed by atoms with Gasteiger partial charge in [-0.05, 0) is 30.9 Å². The molecule has 1 saturated heterocycles. The summed E-state index contributed by atoms with van der Waals surface area (Å²) < 4.78 is 16.0. The van der Waals surface area contributed by atoms with E-state index in [1.54, 1.807) is 24.1 Å². The van der Waals surface area contributed by atoms with Gasteiger partial charge in [-0.15, -0.1) is 0 Å². The number of carbonyl (C=O) groups excluding carboxylic acids is 1. The number of nitrogens with zero attached hydrogens (tertiary/aromatic N) is 2. The first kappa shape index (κ1) is 17.3. The molecular weight excluding hydrogens is 324 g/mol. The molecule has 1 aromatic heterocycles. The Balaban J connectivity index is 1.56. The molecule has 1 aliphatic heterocycles. The zero-order valence-corrected chi connectivity index (χ0v) is 14.2. The molecule has 0 spiro atoms. The number of aromatic nitrogens is 1. The van der Waals surface area contributed by atoms with Gasteiger partial charge in [0.1, 0.15) is 18.1 Å². The fourth-order valence-corrected chi connectivity index (χ4v) is 2.81. The molecule has 0 atom stereocenters. The van der Waals surface area contributed by atoms with Crippen LogP contribution in [0.3, 0.4) is 0 Å². The second kappa shape index (κ2) is 8.02. The van der Waals surface area contributed by atoms with E-state index in [0.717, 1.165) is 12.8 Å². The lowest BCUT2D eigenvalue weighted by molar-refractivity contribution is 0.0640. The molecule has 3 rings (SSSR count). The molecule has 0 aliphatic carbocycles. The van der Waals surface area contributed by atoms with Crippen molar-refractivity contribution in [1.82, 2.24) is 10.1 Å². The SMILES string of the molecule is COc1cccc(OCc2cc(C(=O)N3CCC(CO)CC3)no2)c1. The number of carbonyl (C=O) groups is 1. The molecule has 0 radical (unpaired) electrons. The van der Waals surface area contributed by atoms with Gasteiger partial charge in [-0.2, -0.15) is 0 Å². The minimum absolute atomic E-state index is 0.146.